The van der Waals surface area contributed by atoms with E-state index in [1.54, 1.807) is 0 Å². The van der Waals surface area contributed by atoms with Crippen LogP contribution >= 0.6 is 0 Å². The first-order chi connectivity index (χ1) is 5.63. The first-order valence-corrected chi connectivity index (χ1v) is 4.33. The van der Waals surface area contributed by atoms with E-state index >= 15 is 0 Å². The van der Waals surface area contributed by atoms with E-state index in [2.05, 4.69) is 29.3 Å². The molecule has 1 aromatic heterocycles. The summed E-state index contributed by atoms with van der Waals surface area (Å²) in [6.45, 7) is 4.21. The molecule has 4 nitrogen and oxygen atoms in total. The topological polar surface area (TPSA) is 67.6 Å². The van der Waals surface area contributed by atoms with Gasteiger partial charge in [0.15, 0.2) is 0 Å². The van der Waals surface area contributed by atoms with Gasteiger partial charge < -0.3 is 5.73 Å². The molecule has 66 valence electrons. The van der Waals surface area contributed by atoms with E-state index in [0.717, 1.165) is 24.2 Å². The van der Waals surface area contributed by atoms with Crippen LogP contribution in [0.15, 0.2) is 0 Å². The largest absolute Gasteiger partial charge is 0.320 e. The van der Waals surface area contributed by atoms with Crippen LogP contribution in [0, 0.1) is 0 Å². The molecule has 1 aliphatic carbocycles. The number of nitrogens with zero attached hydrogens (tertiary/aromatic N) is 2. The van der Waals surface area contributed by atoms with Crippen molar-refractivity contribution in [1.29, 1.82) is 0 Å². The Balaban J connectivity index is 2.37. The molecule has 0 bridgehead atoms. The van der Waals surface area contributed by atoms with Gasteiger partial charge in [0.25, 0.3) is 0 Å². The maximum Gasteiger partial charge on any atom is 0.106 e. The summed E-state index contributed by atoms with van der Waals surface area (Å²) in [7, 11) is 0. The minimum atomic E-state index is -0.160. The van der Waals surface area contributed by atoms with Gasteiger partial charge in [-0.3, -0.25) is 0 Å². The SMILES string of the molecule is CC(C)c1n[nH]nc1C1(N)CC1. The van der Waals surface area contributed by atoms with E-state index in [1.165, 1.54) is 0 Å². The predicted molar refractivity (Wildman–Crippen MR) is 45.6 cm³/mol. The van der Waals surface area contributed by atoms with Gasteiger partial charge in [0.1, 0.15) is 5.69 Å². The number of nitrogens with two attached hydrogens (primary N) is 1. The summed E-state index contributed by atoms with van der Waals surface area (Å²) in [5.74, 6) is 0.403. The molecular weight excluding hydrogens is 152 g/mol. The molecule has 2 rings (SSSR count). The third kappa shape index (κ3) is 1.03. The van der Waals surface area contributed by atoms with Crippen LogP contribution < -0.4 is 5.73 Å². The van der Waals surface area contributed by atoms with Gasteiger partial charge in [-0.2, -0.15) is 15.4 Å². The Morgan fingerprint density at radius 3 is 2.58 bits per heavy atom. The van der Waals surface area contributed by atoms with Crippen molar-refractivity contribution in [3.63, 3.8) is 0 Å². The van der Waals surface area contributed by atoms with Gasteiger partial charge in [-0.25, -0.2) is 0 Å². The number of aromatic nitrogens is 3. The predicted octanol–water partition coefficient (Wildman–Crippen LogP) is 0.876. The van der Waals surface area contributed by atoms with Crippen LogP contribution in [-0.4, -0.2) is 15.4 Å². The van der Waals surface area contributed by atoms with Crippen LogP contribution in [-0.2, 0) is 5.54 Å². The zero-order valence-corrected chi connectivity index (χ0v) is 7.46. The van der Waals surface area contributed by atoms with Crippen molar-refractivity contribution in [2.24, 2.45) is 5.73 Å². The van der Waals surface area contributed by atoms with Gasteiger partial charge in [-0.15, -0.1) is 0 Å². The molecule has 1 heterocycles. The summed E-state index contributed by atoms with van der Waals surface area (Å²) in [5, 5.41) is 10.9. The molecule has 0 aromatic carbocycles. The molecule has 4 heteroatoms. The second-order valence-corrected chi connectivity index (χ2v) is 3.87. The lowest BCUT2D eigenvalue weighted by Crippen LogP contribution is -2.21. The van der Waals surface area contributed by atoms with Crippen LogP contribution in [0.5, 0.6) is 0 Å². The fraction of sp³-hybridized carbons (Fsp3) is 0.750. The van der Waals surface area contributed by atoms with Gasteiger partial charge >= 0.3 is 0 Å². The normalized spacial score (nSPS) is 20.0. The molecule has 0 radical (unpaired) electrons. The van der Waals surface area contributed by atoms with Gasteiger partial charge in [0.2, 0.25) is 0 Å². The highest BCUT2D eigenvalue weighted by atomic mass is 15.3. The molecule has 0 atom stereocenters. The Bertz CT molecular complexity index is 285. The molecule has 0 amide bonds. The molecule has 0 unspecified atom stereocenters. The van der Waals surface area contributed by atoms with Crippen molar-refractivity contribution in [3.05, 3.63) is 11.4 Å². The van der Waals surface area contributed by atoms with Gasteiger partial charge in [-0.05, 0) is 18.8 Å². The fourth-order valence-corrected chi connectivity index (χ4v) is 1.38. The fourth-order valence-electron chi connectivity index (χ4n) is 1.38. The minimum absolute atomic E-state index is 0.160. The van der Waals surface area contributed by atoms with E-state index < -0.39 is 0 Å². The van der Waals surface area contributed by atoms with Crippen LogP contribution in [0.3, 0.4) is 0 Å². The monoisotopic (exact) mass is 166 g/mol. The average molecular weight is 166 g/mol. The minimum Gasteiger partial charge on any atom is -0.320 e. The summed E-state index contributed by atoms with van der Waals surface area (Å²) in [6, 6.07) is 0. The molecule has 3 N–H and O–H groups in total. The summed E-state index contributed by atoms with van der Waals surface area (Å²) in [4.78, 5) is 0. The van der Waals surface area contributed by atoms with Crippen molar-refractivity contribution < 1.29 is 0 Å². The zero-order valence-electron chi connectivity index (χ0n) is 7.46. The summed E-state index contributed by atoms with van der Waals surface area (Å²) in [6.07, 6.45) is 2.08. The van der Waals surface area contributed by atoms with Crippen molar-refractivity contribution in [2.45, 2.75) is 38.1 Å². The molecule has 12 heavy (non-hydrogen) atoms. The number of H-pyrrole nitrogens is 1. The number of hydrogen-bond acceptors (Lipinski definition) is 3. The van der Waals surface area contributed by atoms with Crippen LogP contribution in [0.4, 0.5) is 0 Å². The number of rotatable bonds is 2. The van der Waals surface area contributed by atoms with E-state index in [1.807, 2.05) is 0 Å². The molecule has 1 fully saturated rings. The lowest BCUT2D eigenvalue weighted by molar-refractivity contribution is 0.678. The summed E-state index contributed by atoms with van der Waals surface area (Å²) < 4.78 is 0. The smallest absolute Gasteiger partial charge is 0.106 e. The number of hydrogen-bond donors (Lipinski definition) is 2. The third-order valence-electron chi connectivity index (χ3n) is 2.38. The standard InChI is InChI=1S/C8H14N4/c1-5(2)6-7(11-12-10-6)8(9)3-4-8/h5H,3-4,9H2,1-2H3,(H,10,11,12). The van der Waals surface area contributed by atoms with Crippen molar-refractivity contribution >= 4 is 0 Å². The lowest BCUT2D eigenvalue weighted by atomic mass is 10.0. The first-order valence-electron chi connectivity index (χ1n) is 4.33. The molecule has 0 saturated heterocycles. The molecule has 1 saturated carbocycles. The highest BCUT2D eigenvalue weighted by Gasteiger charge is 2.44. The van der Waals surface area contributed by atoms with Gasteiger partial charge in [0, 0.05) is 0 Å². The van der Waals surface area contributed by atoms with Gasteiger partial charge in [0.05, 0.1) is 11.2 Å². The maximum absolute atomic E-state index is 6.03. The Hall–Kier alpha value is -0.900. The summed E-state index contributed by atoms with van der Waals surface area (Å²) >= 11 is 0. The molecule has 0 spiro atoms. The highest BCUT2D eigenvalue weighted by Crippen LogP contribution is 2.43. The van der Waals surface area contributed by atoms with E-state index in [-0.39, 0.29) is 5.54 Å². The second-order valence-electron chi connectivity index (χ2n) is 3.87. The quantitative estimate of drug-likeness (QED) is 0.685. The first kappa shape index (κ1) is 7.73. The van der Waals surface area contributed by atoms with E-state index in [4.69, 9.17) is 5.73 Å². The van der Waals surface area contributed by atoms with Crippen LogP contribution in [0.2, 0.25) is 0 Å². The Morgan fingerprint density at radius 2 is 2.08 bits per heavy atom. The van der Waals surface area contributed by atoms with Crippen molar-refractivity contribution in [2.75, 3.05) is 0 Å². The highest BCUT2D eigenvalue weighted by molar-refractivity contribution is 5.27. The molecule has 1 aromatic rings. The molecule has 1 aliphatic rings. The number of aromatic amines is 1. The second kappa shape index (κ2) is 2.29. The molecular formula is C8H14N4. The van der Waals surface area contributed by atoms with Crippen LogP contribution in [0.25, 0.3) is 0 Å². The Morgan fingerprint density at radius 1 is 1.42 bits per heavy atom. The van der Waals surface area contributed by atoms with Crippen molar-refractivity contribution in [1.82, 2.24) is 15.4 Å². The van der Waals surface area contributed by atoms with Gasteiger partial charge in [-0.1, -0.05) is 13.8 Å². The number of nitrogens with one attached hydrogen (secondary N) is 1. The van der Waals surface area contributed by atoms with Crippen molar-refractivity contribution in [3.8, 4) is 0 Å². The zero-order chi connectivity index (χ0) is 8.77. The Labute approximate surface area is 71.5 Å². The molecule has 0 aliphatic heterocycles. The van der Waals surface area contributed by atoms with Crippen LogP contribution in [0.1, 0.15) is 44.0 Å². The van der Waals surface area contributed by atoms with E-state index in [9.17, 15) is 0 Å². The summed E-state index contributed by atoms with van der Waals surface area (Å²) in [5.41, 5.74) is 7.86. The Kier molecular flexibility index (Phi) is 1.48. The third-order valence-corrected chi connectivity index (χ3v) is 2.38. The average Bonchev–Trinajstić information content (AvgIpc) is 2.61. The van der Waals surface area contributed by atoms with E-state index in [0.29, 0.717) is 5.92 Å². The lowest BCUT2D eigenvalue weighted by Gasteiger charge is -2.08. The maximum atomic E-state index is 6.03.